The molecule has 0 N–H and O–H groups in total. The van der Waals surface area contributed by atoms with E-state index in [1.54, 1.807) is 23.1 Å². The molecule has 0 atom stereocenters. The fourth-order valence-electron chi connectivity index (χ4n) is 4.54. The molecule has 1 saturated heterocycles. The molecule has 1 heterocycles. The first-order valence-corrected chi connectivity index (χ1v) is 11.6. The van der Waals surface area contributed by atoms with Crippen molar-refractivity contribution in [3.8, 4) is 0 Å². The Morgan fingerprint density at radius 1 is 0.839 bits per heavy atom. The third-order valence-electron chi connectivity index (χ3n) is 6.41. The van der Waals surface area contributed by atoms with E-state index >= 15 is 0 Å². The van der Waals surface area contributed by atoms with Crippen molar-refractivity contribution in [2.45, 2.75) is 44.9 Å². The topological polar surface area (TPSA) is 54.5 Å². The molecule has 6 heteroatoms. The number of halogens is 2. The monoisotopic (exact) mass is 457 g/mol. The molecule has 4 rings (SSSR count). The summed E-state index contributed by atoms with van der Waals surface area (Å²) >= 11 is 12.0. The number of fused-ring (bicyclic) bond motifs is 1. The smallest absolute Gasteiger partial charge is 0.223 e. The molecule has 1 aliphatic carbocycles. The van der Waals surface area contributed by atoms with Gasteiger partial charge in [0.15, 0.2) is 11.6 Å². The molecule has 2 aromatic carbocycles. The molecular weight excluding hydrogens is 433 g/mol. The van der Waals surface area contributed by atoms with Crippen LogP contribution in [0.5, 0.6) is 0 Å². The molecule has 0 radical (unpaired) electrons. The molecule has 0 aromatic heterocycles. The number of nitrogens with zero attached hydrogens (tertiary/aromatic N) is 1. The minimum Gasteiger partial charge on any atom is -0.343 e. The van der Waals surface area contributed by atoms with Crippen molar-refractivity contribution in [1.82, 2.24) is 4.90 Å². The van der Waals surface area contributed by atoms with Gasteiger partial charge in [-0.05, 0) is 67.5 Å². The summed E-state index contributed by atoms with van der Waals surface area (Å²) in [5.74, 6) is -0.0885. The fraction of sp³-hybridized carbons (Fsp3) is 0.400. The SMILES string of the molecule is O=C(CCC(=O)N1CCC(C(=O)c2ccc(Cl)c(Cl)c2)CC1)c1ccc2c(c1)CCC2. The summed E-state index contributed by atoms with van der Waals surface area (Å²) in [6.45, 7) is 1.06. The summed E-state index contributed by atoms with van der Waals surface area (Å²) in [7, 11) is 0. The van der Waals surface area contributed by atoms with E-state index in [2.05, 4.69) is 0 Å². The zero-order valence-corrected chi connectivity index (χ0v) is 18.8. The van der Waals surface area contributed by atoms with Crippen molar-refractivity contribution in [2.24, 2.45) is 5.92 Å². The van der Waals surface area contributed by atoms with Gasteiger partial charge in [-0.2, -0.15) is 0 Å². The number of rotatable bonds is 6. The van der Waals surface area contributed by atoms with Crippen LogP contribution in [0.1, 0.15) is 63.9 Å². The van der Waals surface area contributed by atoms with E-state index in [9.17, 15) is 14.4 Å². The van der Waals surface area contributed by atoms with Crippen LogP contribution in [0, 0.1) is 5.92 Å². The molecule has 1 amide bonds. The van der Waals surface area contributed by atoms with E-state index < -0.39 is 0 Å². The maximum atomic E-state index is 12.7. The molecule has 1 fully saturated rings. The Balaban J connectivity index is 1.26. The molecule has 0 unspecified atom stereocenters. The number of hydrogen-bond acceptors (Lipinski definition) is 3. The fourth-order valence-corrected chi connectivity index (χ4v) is 4.84. The van der Waals surface area contributed by atoms with Gasteiger partial charge in [0.05, 0.1) is 10.0 Å². The van der Waals surface area contributed by atoms with Gasteiger partial charge in [-0.3, -0.25) is 14.4 Å². The van der Waals surface area contributed by atoms with Gasteiger partial charge in [-0.1, -0.05) is 35.3 Å². The van der Waals surface area contributed by atoms with Crippen molar-refractivity contribution in [2.75, 3.05) is 13.1 Å². The molecule has 162 valence electrons. The maximum absolute atomic E-state index is 12.7. The molecule has 4 nitrogen and oxygen atoms in total. The van der Waals surface area contributed by atoms with E-state index in [0.29, 0.717) is 47.1 Å². The van der Waals surface area contributed by atoms with Crippen LogP contribution in [-0.4, -0.2) is 35.5 Å². The van der Waals surface area contributed by atoms with Gasteiger partial charge in [0, 0.05) is 43.0 Å². The molecule has 0 saturated carbocycles. The van der Waals surface area contributed by atoms with Crippen LogP contribution in [0.15, 0.2) is 36.4 Å². The van der Waals surface area contributed by atoms with Crippen molar-refractivity contribution in [1.29, 1.82) is 0 Å². The number of carbonyl (C=O) groups is 3. The summed E-state index contributed by atoms with van der Waals surface area (Å²) in [4.78, 5) is 39.7. The van der Waals surface area contributed by atoms with Crippen LogP contribution >= 0.6 is 23.2 Å². The standard InChI is InChI=1S/C25H25Cl2NO3/c26-21-7-6-20(15-22(21)27)25(31)17-10-12-28(13-11-17)24(30)9-8-23(29)19-5-4-16-2-1-3-18(16)14-19/h4-7,14-15,17H,1-3,8-13H2. The lowest BCUT2D eigenvalue weighted by Crippen LogP contribution is -2.40. The Morgan fingerprint density at radius 2 is 1.55 bits per heavy atom. The number of amides is 1. The molecule has 2 aromatic rings. The van der Waals surface area contributed by atoms with Crippen molar-refractivity contribution in [3.63, 3.8) is 0 Å². The first-order valence-electron chi connectivity index (χ1n) is 10.8. The zero-order valence-electron chi connectivity index (χ0n) is 17.3. The minimum absolute atomic E-state index is 0.0186. The predicted octanol–water partition coefficient (Wildman–Crippen LogP) is 5.57. The second-order valence-electron chi connectivity index (χ2n) is 8.41. The van der Waals surface area contributed by atoms with E-state index in [0.717, 1.165) is 19.3 Å². The van der Waals surface area contributed by atoms with E-state index in [-0.39, 0.29) is 36.2 Å². The first-order chi connectivity index (χ1) is 14.9. The Kier molecular flexibility index (Phi) is 6.78. The van der Waals surface area contributed by atoms with Crippen molar-refractivity contribution in [3.05, 3.63) is 68.7 Å². The molecule has 0 bridgehead atoms. The largest absolute Gasteiger partial charge is 0.343 e. The van der Waals surface area contributed by atoms with Crippen LogP contribution < -0.4 is 0 Å². The summed E-state index contributed by atoms with van der Waals surface area (Å²) in [5, 5.41) is 0.793. The number of ketones is 2. The molecule has 2 aliphatic rings. The number of benzene rings is 2. The van der Waals surface area contributed by atoms with E-state index in [1.807, 2.05) is 18.2 Å². The average molecular weight is 458 g/mol. The molecule has 0 spiro atoms. The predicted molar refractivity (Wildman–Crippen MR) is 122 cm³/mol. The second-order valence-corrected chi connectivity index (χ2v) is 9.22. The lowest BCUT2D eigenvalue weighted by molar-refractivity contribution is -0.132. The van der Waals surface area contributed by atoms with Crippen LogP contribution in [0.25, 0.3) is 0 Å². The number of hydrogen-bond donors (Lipinski definition) is 0. The quantitative estimate of drug-likeness (QED) is 0.532. The maximum Gasteiger partial charge on any atom is 0.223 e. The van der Waals surface area contributed by atoms with Crippen LogP contribution in [-0.2, 0) is 17.6 Å². The highest BCUT2D eigenvalue weighted by atomic mass is 35.5. The Bertz CT molecular complexity index is 1030. The van der Waals surface area contributed by atoms with E-state index in [1.165, 1.54) is 11.1 Å². The van der Waals surface area contributed by atoms with Gasteiger partial charge >= 0.3 is 0 Å². The number of piperidine rings is 1. The van der Waals surface area contributed by atoms with Crippen LogP contribution in [0.4, 0.5) is 0 Å². The summed E-state index contributed by atoms with van der Waals surface area (Å²) in [6, 6.07) is 10.9. The lowest BCUT2D eigenvalue weighted by Gasteiger charge is -2.31. The summed E-state index contributed by atoms with van der Waals surface area (Å²) < 4.78 is 0. The Labute approximate surface area is 192 Å². The molecule has 31 heavy (non-hydrogen) atoms. The minimum atomic E-state index is -0.130. The third kappa shape index (κ3) is 5.02. The van der Waals surface area contributed by atoms with Gasteiger partial charge < -0.3 is 4.90 Å². The molecular formula is C25H25Cl2NO3. The zero-order chi connectivity index (χ0) is 22.0. The van der Waals surface area contributed by atoms with Gasteiger partial charge in [-0.15, -0.1) is 0 Å². The van der Waals surface area contributed by atoms with Crippen LogP contribution in [0.3, 0.4) is 0 Å². The highest BCUT2D eigenvalue weighted by Crippen LogP contribution is 2.27. The van der Waals surface area contributed by atoms with Gasteiger partial charge in [-0.25, -0.2) is 0 Å². The van der Waals surface area contributed by atoms with Crippen LogP contribution in [0.2, 0.25) is 10.0 Å². The van der Waals surface area contributed by atoms with Crippen molar-refractivity contribution < 1.29 is 14.4 Å². The molecule has 1 aliphatic heterocycles. The number of aryl methyl sites for hydroxylation is 2. The van der Waals surface area contributed by atoms with Gasteiger partial charge in [0.2, 0.25) is 5.91 Å². The first kappa shape index (κ1) is 22.0. The van der Waals surface area contributed by atoms with Gasteiger partial charge in [0.1, 0.15) is 0 Å². The summed E-state index contributed by atoms with van der Waals surface area (Å²) in [5.41, 5.74) is 3.87. The third-order valence-corrected chi connectivity index (χ3v) is 7.15. The average Bonchev–Trinajstić information content (AvgIpc) is 3.26. The Morgan fingerprint density at radius 3 is 2.29 bits per heavy atom. The summed E-state index contributed by atoms with van der Waals surface area (Å²) in [6.07, 6.45) is 4.93. The Hall–Kier alpha value is -2.17. The number of carbonyl (C=O) groups excluding carboxylic acids is 3. The number of likely N-dealkylation sites (tertiary alicyclic amines) is 1. The van der Waals surface area contributed by atoms with Gasteiger partial charge in [0.25, 0.3) is 0 Å². The lowest BCUT2D eigenvalue weighted by atomic mass is 9.88. The highest BCUT2D eigenvalue weighted by molar-refractivity contribution is 6.42. The highest BCUT2D eigenvalue weighted by Gasteiger charge is 2.28. The van der Waals surface area contributed by atoms with Crippen molar-refractivity contribution >= 4 is 40.7 Å². The van der Waals surface area contributed by atoms with E-state index in [4.69, 9.17) is 23.2 Å². The number of Topliss-reactive ketones (excluding diaryl/α,β-unsaturated/α-hetero) is 2. The normalized spacial score (nSPS) is 16.3. The second kappa shape index (κ2) is 9.54.